The number of anilines is 2. The lowest BCUT2D eigenvalue weighted by Crippen LogP contribution is -2.12. The van der Waals surface area contributed by atoms with Crippen LogP contribution in [0.25, 0.3) is 11.3 Å². The van der Waals surface area contributed by atoms with Gasteiger partial charge in [-0.3, -0.25) is 0 Å². The first kappa shape index (κ1) is 17.0. The van der Waals surface area contributed by atoms with Crippen LogP contribution in [0.3, 0.4) is 0 Å². The van der Waals surface area contributed by atoms with Crippen LogP contribution in [-0.4, -0.2) is 20.5 Å². The molecule has 0 bridgehead atoms. The first-order valence-corrected chi connectivity index (χ1v) is 8.92. The number of rotatable bonds is 5. The van der Waals surface area contributed by atoms with Crippen molar-refractivity contribution in [2.45, 2.75) is 11.8 Å². The summed E-state index contributed by atoms with van der Waals surface area (Å²) in [4.78, 5) is 4.12. The highest BCUT2D eigenvalue weighted by Gasteiger charge is 2.14. The van der Waals surface area contributed by atoms with Crippen LogP contribution in [0.5, 0.6) is 5.75 Å². The summed E-state index contributed by atoms with van der Waals surface area (Å²) in [7, 11) is -2.35. The summed E-state index contributed by atoms with van der Waals surface area (Å²) < 4.78 is 34.0. The minimum Gasteiger partial charge on any atom is -0.495 e. The molecule has 3 N–H and O–H groups in total. The molecule has 1 heterocycles. The molecule has 0 aliphatic heterocycles. The highest BCUT2D eigenvalue weighted by Crippen LogP contribution is 2.31. The lowest BCUT2D eigenvalue weighted by molar-refractivity contribution is 0.416. The van der Waals surface area contributed by atoms with Crippen LogP contribution in [0.2, 0.25) is 0 Å². The Hall–Kier alpha value is -2.84. The maximum absolute atomic E-state index is 11.5. The Balaban J connectivity index is 1.91. The number of ether oxygens (including phenoxy) is 1. The zero-order valence-corrected chi connectivity index (χ0v) is 14.5. The lowest BCUT2D eigenvalue weighted by Gasteiger charge is -2.10. The van der Waals surface area contributed by atoms with Gasteiger partial charge in [-0.15, -0.1) is 0 Å². The van der Waals surface area contributed by atoms with E-state index in [1.54, 1.807) is 6.20 Å². The molecule has 0 saturated carbocycles. The fourth-order valence-corrected chi connectivity index (χ4v) is 2.80. The van der Waals surface area contributed by atoms with Crippen molar-refractivity contribution in [3.63, 3.8) is 0 Å². The molecule has 0 atom stereocenters. The van der Waals surface area contributed by atoms with Crippen LogP contribution in [-0.2, 0) is 10.0 Å². The molecule has 2 aromatic carbocycles. The summed E-state index contributed by atoms with van der Waals surface area (Å²) >= 11 is 0. The number of nitrogens with one attached hydrogen (secondary N) is 1. The van der Waals surface area contributed by atoms with Crippen LogP contribution < -0.4 is 15.2 Å². The second-order valence-electron chi connectivity index (χ2n) is 5.43. The fourth-order valence-electron chi connectivity index (χ4n) is 2.26. The number of primary sulfonamides is 1. The molecule has 0 aliphatic carbocycles. The Bertz CT molecular complexity index is 995. The number of hydrogen-bond acceptors (Lipinski definition) is 6. The van der Waals surface area contributed by atoms with Gasteiger partial charge in [-0.2, -0.15) is 0 Å². The zero-order chi connectivity index (χ0) is 18.0. The Morgan fingerprint density at radius 2 is 1.88 bits per heavy atom. The first-order valence-electron chi connectivity index (χ1n) is 7.37. The van der Waals surface area contributed by atoms with Crippen LogP contribution in [0, 0.1) is 6.92 Å². The number of nitrogens with zero attached hydrogens (tertiary/aromatic N) is 1. The molecule has 0 unspecified atom stereocenters. The van der Waals surface area contributed by atoms with E-state index in [1.165, 1.54) is 25.3 Å². The Kier molecular flexibility index (Phi) is 4.47. The van der Waals surface area contributed by atoms with Crippen molar-refractivity contribution in [1.82, 2.24) is 4.98 Å². The topological polar surface area (TPSA) is 107 Å². The molecule has 3 rings (SSSR count). The predicted octanol–water partition coefficient (Wildman–Crippen LogP) is 3.05. The lowest BCUT2D eigenvalue weighted by atomic mass is 10.1. The van der Waals surface area contributed by atoms with E-state index in [4.69, 9.17) is 14.3 Å². The number of hydrogen-bond donors (Lipinski definition) is 2. The van der Waals surface area contributed by atoms with Gasteiger partial charge in [0.15, 0.2) is 5.76 Å². The summed E-state index contributed by atoms with van der Waals surface area (Å²) in [6, 6.07) is 12.3. The standard InChI is InChI=1S/C17H17N3O4S/c1-11-3-5-12(6-4-11)16-10-19-17(24-16)20-14-9-13(25(18,21)22)7-8-15(14)23-2/h3-10H,1-2H3,(H,19,20)(H2,18,21,22). The third kappa shape index (κ3) is 3.81. The second-order valence-corrected chi connectivity index (χ2v) is 6.99. The van der Waals surface area contributed by atoms with Crippen LogP contribution in [0.15, 0.2) is 58.0 Å². The first-order chi connectivity index (χ1) is 11.9. The summed E-state index contributed by atoms with van der Waals surface area (Å²) in [5, 5.41) is 8.08. The van der Waals surface area contributed by atoms with Crippen molar-refractivity contribution in [2.75, 3.05) is 12.4 Å². The Morgan fingerprint density at radius 1 is 1.16 bits per heavy atom. The van der Waals surface area contributed by atoms with Crippen LogP contribution >= 0.6 is 0 Å². The summed E-state index contributed by atoms with van der Waals surface area (Å²) in [6.07, 6.45) is 1.59. The number of aryl methyl sites for hydroxylation is 1. The molecule has 0 amide bonds. The maximum atomic E-state index is 11.5. The van der Waals surface area contributed by atoms with E-state index in [1.807, 2.05) is 31.2 Å². The molecular weight excluding hydrogens is 342 g/mol. The van der Waals surface area contributed by atoms with Crippen molar-refractivity contribution >= 4 is 21.7 Å². The van der Waals surface area contributed by atoms with Crippen LogP contribution in [0.1, 0.15) is 5.56 Å². The minimum atomic E-state index is -3.83. The summed E-state index contributed by atoms with van der Waals surface area (Å²) in [5.41, 5.74) is 2.41. The number of sulfonamides is 1. The van der Waals surface area contributed by atoms with Gasteiger partial charge in [-0.25, -0.2) is 18.5 Å². The zero-order valence-electron chi connectivity index (χ0n) is 13.7. The van der Waals surface area contributed by atoms with Gasteiger partial charge in [0.2, 0.25) is 10.0 Å². The van der Waals surface area contributed by atoms with E-state index in [0.29, 0.717) is 17.2 Å². The molecule has 0 fully saturated rings. The number of aromatic nitrogens is 1. The molecule has 8 heteroatoms. The van der Waals surface area contributed by atoms with Gasteiger partial charge in [0.25, 0.3) is 6.01 Å². The highest BCUT2D eigenvalue weighted by atomic mass is 32.2. The molecular formula is C17H17N3O4S. The van der Waals surface area contributed by atoms with E-state index in [0.717, 1.165) is 11.1 Å². The van der Waals surface area contributed by atoms with Gasteiger partial charge >= 0.3 is 0 Å². The van der Waals surface area contributed by atoms with Gasteiger partial charge in [-0.05, 0) is 25.1 Å². The van der Waals surface area contributed by atoms with Crippen molar-refractivity contribution in [3.8, 4) is 17.1 Å². The number of methoxy groups -OCH3 is 1. The monoisotopic (exact) mass is 359 g/mol. The molecule has 0 saturated heterocycles. The SMILES string of the molecule is COc1ccc(S(N)(=O)=O)cc1Nc1ncc(-c2ccc(C)cc2)o1. The number of oxazole rings is 1. The molecule has 1 aromatic heterocycles. The Morgan fingerprint density at radius 3 is 2.52 bits per heavy atom. The van der Waals surface area contributed by atoms with Crippen molar-refractivity contribution in [1.29, 1.82) is 0 Å². The third-order valence-corrected chi connectivity index (χ3v) is 4.49. The number of benzene rings is 2. The molecule has 0 aliphatic rings. The summed E-state index contributed by atoms with van der Waals surface area (Å²) in [5.74, 6) is 1.02. The normalized spacial score (nSPS) is 11.3. The second kappa shape index (κ2) is 6.58. The maximum Gasteiger partial charge on any atom is 0.299 e. The fraction of sp³-hybridized carbons (Fsp3) is 0.118. The van der Waals surface area contributed by atoms with E-state index < -0.39 is 10.0 Å². The van der Waals surface area contributed by atoms with Gasteiger partial charge in [0.1, 0.15) is 5.75 Å². The van der Waals surface area contributed by atoms with E-state index >= 15 is 0 Å². The quantitative estimate of drug-likeness (QED) is 0.725. The van der Waals surface area contributed by atoms with Crippen molar-refractivity contribution in [2.24, 2.45) is 5.14 Å². The van der Waals surface area contributed by atoms with Crippen molar-refractivity contribution < 1.29 is 17.6 Å². The van der Waals surface area contributed by atoms with Gasteiger partial charge in [0, 0.05) is 5.56 Å². The highest BCUT2D eigenvalue weighted by molar-refractivity contribution is 7.89. The molecule has 7 nitrogen and oxygen atoms in total. The number of nitrogens with two attached hydrogens (primary N) is 1. The van der Waals surface area contributed by atoms with E-state index in [9.17, 15) is 8.42 Å². The average Bonchev–Trinajstić information content (AvgIpc) is 3.03. The summed E-state index contributed by atoms with van der Waals surface area (Å²) in [6.45, 7) is 2.00. The average molecular weight is 359 g/mol. The van der Waals surface area contributed by atoms with E-state index in [2.05, 4.69) is 10.3 Å². The molecule has 0 radical (unpaired) electrons. The van der Waals surface area contributed by atoms with E-state index in [-0.39, 0.29) is 10.9 Å². The molecule has 130 valence electrons. The molecule has 25 heavy (non-hydrogen) atoms. The van der Waals surface area contributed by atoms with Crippen LogP contribution in [0.4, 0.5) is 11.7 Å². The largest absolute Gasteiger partial charge is 0.495 e. The van der Waals surface area contributed by atoms with Gasteiger partial charge in [-0.1, -0.05) is 29.8 Å². The minimum absolute atomic E-state index is 0.0406. The van der Waals surface area contributed by atoms with Gasteiger partial charge < -0.3 is 14.5 Å². The third-order valence-electron chi connectivity index (χ3n) is 3.58. The molecule has 3 aromatic rings. The predicted molar refractivity (Wildman–Crippen MR) is 94.3 cm³/mol. The van der Waals surface area contributed by atoms with Crippen molar-refractivity contribution in [3.05, 3.63) is 54.2 Å². The van der Waals surface area contributed by atoms with Gasteiger partial charge in [0.05, 0.1) is 23.9 Å². The smallest absolute Gasteiger partial charge is 0.299 e. The Labute approximate surface area is 145 Å². The molecule has 0 spiro atoms.